The molecule has 0 spiro atoms. The number of nitrogens with one attached hydrogen (secondary N) is 1. The fraction of sp³-hybridized carbons (Fsp3) is 0.611. The smallest absolute Gasteiger partial charge is 0.253 e. The van der Waals surface area contributed by atoms with Gasteiger partial charge < -0.3 is 10.2 Å². The van der Waals surface area contributed by atoms with Gasteiger partial charge in [0.25, 0.3) is 5.91 Å². The minimum atomic E-state index is 0.179. The molecule has 1 saturated heterocycles. The lowest BCUT2D eigenvalue weighted by molar-refractivity contribution is 0.0631. The van der Waals surface area contributed by atoms with E-state index >= 15 is 0 Å². The first-order chi connectivity index (χ1) is 10.1. The lowest BCUT2D eigenvalue weighted by atomic mass is 9.89. The Hall–Kier alpha value is -1.35. The average Bonchev–Trinajstić information content (AvgIpc) is 2.53. The number of carbonyl (C=O) groups is 1. The van der Waals surface area contributed by atoms with Gasteiger partial charge in [-0.25, -0.2) is 0 Å². The first kappa shape index (κ1) is 16.0. The van der Waals surface area contributed by atoms with E-state index in [1.165, 1.54) is 5.56 Å². The van der Waals surface area contributed by atoms with Crippen LogP contribution in [0.3, 0.4) is 0 Å². The Kier molecular flexibility index (Phi) is 5.40. The largest absolute Gasteiger partial charge is 0.338 e. The van der Waals surface area contributed by atoms with Crippen LogP contribution in [0.15, 0.2) is 24.3 Å². The van der Waals surface area contributed by atoms with Gasteiger partial charge in [-0.15, -0.1) is 0 Å². The molecule has 1 fully saturated rings. The van der Waals surface area contributed by atoms with Crippen LogP contribution >= 0.6 is 0 Å². The number of carbonyl (C=O) groups excluding carboxylic acids is 1. The van der Waals surface area contributed by atoms with Crippen molar-refractivity contribution < 1.29 is 4.79 Å². The van der Waals surface area contributed by atoms with Crippen molar-refractivity contribution >= 4 is 5.91 Å². The maximum absolute atomic E-state index is 12.6. The van der Waals surface area contributed by atoms with Crippen molar-refractivity contribution in [1.29, 1.82) is 0 Å². The Morgan fingerprint density at radius 2 is 2.00 bits per heavy atom. The molecule has 0 radical (unpaired) electrons. The molecule has 2 rings (SSSR count). The number of hydrogen-bond acceptors (Lipinski definition) is 2. The van der Waals surface area contributed by atoms with E-state index in [-0.39, 0.29) is 5.91 Å². The van der Waals surface area contributed by atoms with Crippen molar-refractivity contribution in [3.05, 3.63) is 35.4 Å². The third-order valence-corrected chi connectivity index (χ3v) is 4.74. The number of amides is 1. The molecule has 2 unspecified atom stereocenters. The molecule has 0 bridgehead atoms. The standard InChI is InChI=1S/C18H28N2O/c1-5-14-12-20(11-10-17(14)19-4)18(21)16-8-6-15(7-9-16)13(2)3/h6-9,13-14,17,19H,5,10-12H2,1-4H3. The summed E-state index contributed by atoms with van der Waals surface area (Å²) in [4.78, 5) is 14.7. The molecule has 1 N–H and O–H groups in total. The van der Waals surface area contributed by atoms with Crippen molar-refractivity contribution in [2.45, 2.75) is 45.6 Å². The Balaban J connectivity index is 2.06. The van der Waals surface area contributed by atoms with Crippen molar-refractivity contribution in [2.24, 2.45) is 5.92 Å². The summed E-state index contributed by atoms with van der Waals surface area (Å²) < 4.78 is 0. The molecule has 3 nitrogen and oxygen atoms in total. The van der Waals surface area contributed by atoms with Gasteiger partial charge in [0.2, 0.25) is 0 Å². The molecule has 0 saturated carbocycles. The van der Waals surface area contributed by atoms with Gasteiger partial charge in [0.05, 0.1) is 0 Å². The molecule has 21 heavy (non-hydrogen) atoms. The first-order valence-corrected chi connectivity index (χ1v) is 8.13. The molecule has 1 aromatic rings. The molecular formula is C18H28N2O. The van der Waals surface area contributed by atoms with E-state index in [2.05, 4.69) is 38.2 Å². The molecule has 2 atom stereocenters. The van der Waals surface area contributed by atoms with Crippen molar-refractivity contribution in [2.75, 3.05) is 20.1 Å². The Morgan fingerprint density at radius 1 is 1.33 bits per heavy atom. The fourth-order valence-electron chi connectivity index (χ4n) is 3.20. The van der Waals surface area contributed by atoms with E-state index in [1.807, 2.05) is 24.1 Å². The van der Waals surface area contributed by atoms with Crippen LogP contribution in [0.2, 0.25) is 0 Å². The maximum Gasteiger partial charge on any atom is 0.253 e. The van der Waals surface area contributed by atoms with Crippen molar-refractivity contribution in [1.82, 2.24) is 10.2 Å². The lowest BCUT2D eigenvalue weighted by Gasteiger charge is -2.38. The summed E-state index contributed by atoms with van der Waals surface area (Å²) in [5, 5.41) is 3.39. The number of nitrogens with zero attached hydrogens (tertiary/aromatic N) is 1. The second-order valence-corrected chi connectivity index (χ2v) is 6.38. The van der Waals surface area contributed by atoms with E-state index in [0.717, 1.165) is 31.5 Å². The molecule has 1 aromatic carbocycles. The Morgan fingerprint density at radius 3 is 2.52 bits per heavy atom. The van der Waals surface area contributed by atoms with Crippen LogP contribution in [0, 0.1) is 5.92 Å². The molecule has 1 amide bonds. The number of hydrogen-bond donors (Lipinski definition) is 1. The lowest BCUT2D eigenvalue weighted by Crippen LogP contribution is -2.50. The van der Waals surface area contributed by atoms with Crippen molar-refractivity contribution in [3.8, 4) is 0 Å². The van der Waals surface area contributed by atoms with E-state index in [4.69, 9.17) is 0 Å². The Labute approximate surface area is 128 Å². The highest BCUT2D eigenvalue weighted by Gasteiger charge is 2.29. The van der Waals surface area contributed by atoms with Gasteiger partial charge >= 0.3 is 0 Å². The quantitative estimate of drug-likeness (QED) is 0.922. The van der Waals surface area contributed by atoms with Crippen LogP contribution in [0.4, 0.5) is 0 Å². The van der Waals surface area contributed by atoms with Crippen molar-refractivity contribution in [3.63, 3.8) is 0 Å². The average molecular weight is 288 g/mol. The van der Waals surface area contributed by atoms with E-state index in [9.17, 15) is 4.79 Å². The summed E-state index contributed by atoms with van der Waals surface area (Å²) in [6.07, 6.45) is 2.16. The van der Waals surface area contributed by atoms with Crippen LogP contribution in [-0.2, 0) is 0 Å². The number of piperidine rings is 1. The van der Waals surface area contributed by atoms with Crippen LogP contribution in [-0.4, -0.2) is 37.0 Å². The SMILES string of the molecule is CCC1CN(C(=O)c2ccc(C(C)C)cc2)CCC1NC. The predicted octanol–water partition coefficient (Wildman–Crippen LogP) is 3.27. The van der Waals surface area contributed by atoms with Crippen LogP contribution < -0.4 is 5.32 Å². The molecule has 1 aliphatic rings. The predicted molar refractivity (Wildman–Crippen MR) is 87.7 cm³/mol. The van der Waals surface area contributed by atoms with Gasteiger partial charge in [-0.3, -0.25) is 4.79 Å². The number of rotatable bonds is 4. The van der Waals surface area contributed by atoms with Crippen LogP contribution in [0.5, 0.6) is 0 Å². The van der Waals surface area contributed by atoms with Gasteiger partial charge in [-0.05, 0) is 43.0 Å². The van der Waals surface area contributed by atoms with Gasteiger partial charge in [-0.1, -0.05) is 39.3 Å². The third-order valence-electron chi connectivity index (χ3n) is 4.74. The minimum absolute atomic E-state index is 0.179. The normalized spacial score (nSPS) is 22.6. The van der Waals surface area contributed by atoms with E-state index in [1.54, 1.807) is 0 Å². The Bertz CT molecular complexity index is 467. The topological polar surface area (TPSA) is 32.3 Å². The minimum Gasteiger partial charge on any atom is -0.338 e. The number of benzene rings is 1. The first-order valence-electron chi connectivity index (χ1n) is 8.13. The summed E-state index contributed by atoms with van der Waals surface area (Å²) in [6, 6.07) is 8.65. The highest BCUT2D eigenvalue weighted by Crippen LogP contribution is 2.22. The molecule has 1 aliphatic heterocycles. The van der Waals surface area contributed by atoms with E-state index < -0.39 is 0 Å². The molecule has 1 heterocycles. The fourth-order valence-corrected chi connectivity index (χ4v) is 3.20. The number of likely N-dealkylation sites (tertiary alicyclic amines) is 1. The second-order valence-electron chi connectivity index (χ2n) is 6.38. The summed E-state index contributed by atoms with van der Waals surface area (Å²) in [5.41, 5.74) is 2.10. The zero-order valence-electron chi connectivity index (χ0n) is 13.7. The summed E-state index contributed by atoms with van der Waals surface area (Å²) in [7, 11) is 2.02. The van der Waals surface area contributed by atoms with Gasteiger partial charge in [-0.2, -0.15) is 0 Å². The van der Waals surface area contributed by atoms with Crippen LogP contribution in [0.25, 0.3) is 0 Å². The highest BCUT2D eigenvalue weighted by atomic mass is 16.2. The molecule has 3 heteroatoms. The second kappa shape index (κ2) is 7.08. The van der Waals surface area contributed by atoms with Crippen LogP contribution in [0.1, 0.15) is 55.5 Å². The zero-order chi connectivity index (χ0) is 15.4. The molecule has 116 valence electrons. The molecule has 0 aliphatic carbocycles. The zero-order valence-corrected chi connectivity index (χ0v) is 13.7. The summed E-state index contributed by atoms with van der Waals surface area (Å²) in [6.45, 7) is 8.27. The van der Waals surface area contributed by atoms with Gasteiger partial charge in [0.15, 0.2) is 0 Å². The maximum atomic E-state index is 12.6. The summed E-state index contributed by atoms with van der Waals surface area (Å²) in [5.74, 6) is 1.24. The molecule has 0 aromatic heterocycles. The van der Waals surface area contributed by atoms with E-state index in [0.29, 0.717) is 17.9 Å². The third kappa shape index (κ3) is 3.65. The summed E-state index contributed by atoms with van der Waals surface area (Å²) >= 11 is 0. The monoisotopic (exact) mass is 288 g/mol. The molecular weight excluding hydrogens is 260 g/mol. The highest BCUT2D eigenvalue weighted by molar-refractivity contribution is 5.94. The van der Waals surface area contributed by atoms with Gasteiger partial charge in [0, 0.05) is 24.7 Å². The van der Waals surface area contributed by atoms with Gasteiger partial charge in [0.1, 0.15) is 0 Å².